The third kappa shape index (κ3) is 2.77. The van der Waals surface area contributed by atoms with Crippen LogP contribution in [0.1, 0.15) is 10.4 Å². The Morgan fingerprint density at radius 1 is 1.50 bits per heavy atom. The van der Waals surface area contributed by atoms with Crippen LogP contribution < -0.4 is 11.1 Å². The number of hydrogen-bond donors (Lipinski definition) is 2. The second kappa shape index (κ2) is 5.05. The van der Waals surface area contributed by atoms with E-state index < -0.39 is 0 Å². The summed E-state index contributed by atoms with van der Waals surface area (Å²) in [7, 11) is 0. The molecule has 2 heterocycles. The molecule has 0 spiro atoms. The zero-order chi connectivity index (χ0) is 11.4. The maximum absolute atomic E-state index is 5.55. The predicted molar refractivity (Wildman–Crippen MR) is 71.8 cm³/mol. The number of nitrogens with one attached hydrogen (secondary N) is 1. The molecule has 0 aromatic carbocycles. The van der Waals surface area contributed by atoms with E-state index in [9.17, 15) is 0 Å². The molecule has 2 aromatic heterocycles. The molecule has 0 bridgehead atoms. The van der Waals surface area contributed by atoms with Gasteiger partial charge in [-0.05, 0) is 23.6 Å². The molecule has 0 saturated carbocycles. The van der Waals surface area contributed by atoms with Gasteiger partial charge in [0.2, 0.25) is 0 Å². The van der Waals surface area contributed by atoms with E-state index in [1.54, 1.807) is 23.6 Å². The summed E-state index contributed by atoms with van der Waals surface area (Å²) in [5, 5.41) is 5.28. The Hall–Kier alpha value is -1.46. The van der Waals surface area contributed by atoms with E-state index in [4.69, 9.17) is 18.0 Å². The molecular weight excluding hydrogens is 238 g/mol. The SMILES string of the molecule is NC(=S)c1ccnc(NCc2cccs2)c1. The second-order valence-corrected chi connectivity index (χ2v) is 4.70. The summed E-state index contributed by atoms with van der Waals surface area (Å²) in [5.74, 6) is 0.790. The average Bonchev–Trinajstić information content (AvgIpc) is 2.79. The van der Waals surface area contributed by atoms with Crippen LogP contribution in [0.15, 0.2) is 35.8 Å². The fraction of sp³-hybridized carbons (Fsp3) is 0.0909. The first-order valence-corrected chi connectivity index (χ1v) is 6.06. The van der Waals surface area contributed by atoms with Gasteiger partial charge in [0.05, 0.1) is 6.54 Å². The molecule has 16 heavy (non-hydrogen) atoms. The molecule has 5 heteroatoms. The first kappa shape index (κ1) is 11.0. The topological polar surface area (TPSA) is 50.9 Å². The Kier molecular flexibility index (Phi) is 3.48. The summed E-state index contributed by atoms with van der Waals surface area (Å²) in [6, 6.07) is 7.77. The number of nitrogens with two attached hydrogens (primary N) is 1. The highest BCUT2D eigenvalue weighted by molar-refractivity contribution is 7.80. The third-order valence-corrected chi connectivity index (χ3v) is 3.18. The molecule has 0 radical (unpaired) electrons. The quantitative estimate of drug-likeness (QED) is 0.817. The summed E-state index contributed by atoms with van der Waals surface area (Å²) in [6.45, 7) is 0.769. The molecule has 0 unspecified atom stereocenters. The average molecular weight is 249 g/mol. The first-order chi connectivity index (χ1) is 7.75. The van der Waals surface area contributed by atoms with Crippen molar-refractivity contribution in [2.24, 2.45) is 5.73 Å². The van der Waals surface area contributed by atoms with Crippen LogP contribution in [0.3, 0.4) is 0 Å². The second-order valence-electron chi connectivity index (χ2n) is 3.23. The van der Waals surface area contributed by atoms with Crippen molar-refractivity contribution in [2.45, 2.75) is 6.54 Å². The van der Waals surface area contributed by atoms with Crippen molar-refractivity contribution in [3.63, 3.8) is 0 Å². The van der Waals surface area contributed by atoms with Gasteiger partial charge in [-0.15, -0.1) is 11.3 Å². The molecule has 0 aliphatic heterocycles. The monoisotopic (exact) mass is 249 g/mol. The molecule has 0 fully saturated rings. The van der Waals surface area contributed by atoms with Crippen molar-refractivity contribution in [1.82, 2.24) is 4.98 Å². The first-order valence-electron chi connectivity index (χ1n) is 4.78. The van der Waals surface area contributed by atoms with Crippen molar-refractivity contribution < 1.29 is 0 Å². The summed E-state index contributed by atoms with van der Waals surface area (Å²) < 4.78 is 0. The van der Waals surface area contributed by atoms with Crippen LogP contribution in [0.5, 0.6) is 0 Å². The molecule has 0 atom stereocenters. The summed E-state index contributed by atoms with van der Waals surface area (Å²) in [4.78, 5) is 5.86. The van der Waals surface area contributed by atoms with Gasteiger partial charge in [-0.3, -0.25) is 0 Å². The van der Waals surface area contributed by atoms with Crippen molar-refractivity contribution in [1.29, 1.82) is 0 Å². The number of thiocarbonyl (C=S) groups is 1. The number of anilines is 1. The van der Waals surface area contributed by atoms with Crippen molar-refractivity contribution in [3.05, 3.63) is 46.3 Å². The largest absolute Gasteiger partial charge is 0.389 e. The molecule has 3 nitrogen and oxygen atoms in total. The van der Waals surface area contributed by atoms with E-state index in [2.05, 4.69) is 21.7 Å². The van der Waals surface area contributed by atoms with Gasteiger partial charge in [0, 0.05) is 16.6 Å². The predicted octanol–water partition coefficient (Wildman–Crippen LogP) is 2.39. The number of pyridine rings is 1. The van der Waals surface area contributed by atoms with Gasteiger partial charge >= 0.3 is 0 Å². The Labute approximate surface area is 103 Å². The molecule has 0 amide bonds. The molecule has 3 N–H and O–H groups in total. The van der Waals surface area contributed by atoms with E-state index in [0.29, 0.717) is 4.99 Å². The Bertz CT molecular complexity index is 480. The van der Waals surface area contributed by atoms with Crippen LogP contribution in [0.2, 0.25) is 0 Å². The van der Waals surface area contributed by atoms with Gasteiger partial charge < -0.3 is 11.1 Å². The number of rotatable bonds is 4. The summed E-state index contributed by atoms with van der Waals surface area (Å²) in [5.41, 5.74) is 6.38. The number of thiophene rings is 1. The normalized spacial score (nSPS) is 10.0. The van der Waals surface area contributed by atoms with Crippen LogP contribution in [0, 0.1) is 0 Å². The maximum Gasteiger partial charge on any atom is 0.126 e. The maximum atomic E-state index is 5.55. The fourth-order valence-corrected chi connectivity index (χ4v) is 2.04. The Morgan fingerprint density at radius 2 is 2.38 bits per heavy atom. The van der Waals surface area contributed by atoms with E-state index in [0.717, 1.165) is 17.9 Å². The lowest BCUT2D eigenvalue weighted by Gasteiger charge is -2.05. The highest BCUT2D eigenvalue weighted by Gasteiger charge is 1.99. The minimum atomic E-state index is 0.390. The van der Waals surface area contributed by atoms with Gasteiger partial charge in [-0.25, -0.2) is 4.98 Å². The van der Waals surface area contributed by atoms with Crippen LogP contribution in [-0.2, 0) is 6.54 Å². The molecule has 0 saturated heterocycles. The molecular formula is C11H11N3S2. The third-order valence-electron chi connectivity index (χ3n) is 2.07. The van der Waals surface area contributed by atoms with Gasteiger partial charge in [0.25, 0.3) is 0 Å². The lowest BCUT2D eigenvalue weighted by atomic mass is 10.2. The molecule has 2 rings (SSSR count). The molecule has 0 aliphatic carbocycles. The van der Waals surface area contributed by atoms with Gasteiger partial charge in [-0.2, -0.15) is 0 Å². The van der Waals surface area contributed by atoms with E-state index in [1.807, 2.05) is 12.1 Å². The molecule has 2 aromatic rings. The van der Waals surface area contributed by atoms with Gasteiger partial charge in [0.1, 0.15) is 10.8 Å². The highest BCUT2D eigenvalue weighted by atomic mass is 32.1. The lowest BCUT2D eigenvalue weighted by Crippen LogP contribution is -2.10. The van der Waals surface area contributed by atoms with Crippen LogP contribution in [-0.4, -0.2) is 9.97 Å². The molecule has 0 aliphatic rings. The Morgan fingerprint density at radius 3 is 3.06 bits per heavy atom. The smallest absolute Gasteiger partial charge is 0.126 e. The zero-order valence-corrected chi connectivity index (χ0v) is 10.1. The minimum Gasteiger partial charge on any atom is -0.389 e. The minimum absolute atomic E-state index is 0.390. The number of hydrogen-bond acceptors (Lipinski definition) is 4. The zero-order valence-electron chi connectivity index (χ0n) is 8.51. The van der Waals surface area contributed by atoms with Gasteiger partial charge in [-0.1, -0.05) is 18.3 Å². The van der Waals surface area contributed by atoms with E-state index in [-0.39, 0.29) is 0 Å². The van der Waals surface area contributed by atoms with Gasteiger partial charge in [0.15, 0.2) is 0 Å². The fourth-order valence-electron chi connectivity index (χ4n) is 1.27. The van der Waals surface area contributed by atoms with Crippen LogP contribution in [0.4, 0.5) is 5.82 Å². The number of aromatic nitrogens is 1. The van der Waals surface area contributed by atoms with E-state index in [1.165, 1.54) is 4.88 Å². The van der Waals surface area contributed by atoms with Crippen LogP contribution >= 0.6 is 23.6 Å². The van der Waals surface area contributed by atoms with Crippen LogP contribution in [0.25, 0.3) is 0 Å². The Balaban J connectivity index is 2.04. The van der Waals surface area contributed by atoms with Crippen molar-refractivity contribution in [3.8, 4) is 0 Å². The highest BCUT2D eigenvalue weighted by Crippen LogP contribution is 2.12. The van der Waals surface area contributed by atoms with Crippen molar-refractivity contribution in [2.75, 3.05) is 5.32 Å². The molecule has 82 valence electrons. The van der Waals surface area contributed by atoms with Crippen molar-refractivity contribution >= 4 is 34.4 Å². The van der Waals surface area contributed by atoms with E-state index >= 15 is 0 Å². The summed E-state index contributed by atoms with van der Waals surface area (Å²) >= 11 is 6.62. The standard InChI is InChI=1S/C11H11N3S2/c12-11(15)8-3-4-13-10(6-8)14-7-9-2-1-5-16-9/h1-6H,7H2,(H2,12,15)(H,13,14). The summed E-state index contributed by atoms with van der Waals surface area (Å²) in [6.07, 6.45) is 1.70. The number of nitrogens with zero attached hydrogens (tertiary/aromatic N) is 1. The lowest BCUT2D eigenvalue weighted by molar-refractivity contribution is 1.14.